The average Bonchev–Trinajstić information content (AvgIpc) is 2.90. The molecule has 14 heavy (non-hydrogen) atoms. The molecule has 0 aromatic heterocycles. The van der Waals surface area contributed by atoms with E-state index < -0.39 is 5.41 Å². The van der Waals surface area contributed by atoms with Crippen molar-refractivity contribution in [1.82, 2.24) is 0 Å². The molecule has 0 aromatic carbocycles. The van der Waals surface area contributed by atoms with Gasteiger partial charge in [-0.15, -0.1) is 12.4 Å². The molecule has 1 heterocycles. The van der Waals surface area contributed by atoms with Crippen LogP contribution in [0.4, 0.5) is 0 Å². The molecule has 2 aliphatic rings. The second-order valence-corrected chi connectivity index (χ2v) is 3.18. The summed E-state index contributed by atoms with van der Waals surface area (Å²) in [6, 6.07) is 0. The summed E-state index contributed by atoms with van der Waals surface area (Å²) < 4.78 is 5.25. The Bertz CT molecular complexity index is 330. The van der Waals surface area contributed by atoms with Gasteiger partial charge in [0.1, 0.15) is 17.4 Å². The SMILES string of the molecule is Cl.NC(=O)C1(C2=CC=NC=CO2)CC1. The Balaban J connectivity index is 0.000000980. The summed E-state index contributed by atoms with van der Waals surface area (Å²) in [4.78, 5) is 15.0. The number of primary amides is 1. The van der Waals surface area contributed by atoms with Gasteiger partial charge in [-0.1, -0.05) is 0 Å². The van der Waals surface area contributed by atoms with Crippen LogP contribution in [0.3, 0.4) is 0 Å². The van der Waals surface area contributed by atoms with Crippen LogP contribution in [-0.4, -0.2) is 12.1 Å². The zero-order valence-corrected chi connectivity index (χ0v) is 8.29. The van der Waals surface area contributed by atoms with Gasteiger partial charge in [0.05, 0.1) is 6.20 Å². The first-order valence-corrected chi connectivity index (χ1v) is 4.11. The maximum Gasteiger partial charge on any atom is 0.231 e. The van der Waals surface area contributed by atoms with E-state index in [9.17, 15) is 4.79 Å². The Morgan fingerprint density at radius 3 is 2.86 bits per heavy atom. The van der Waals surface area contributed by atoms with E-state index >= 15 is 0 Å². The summed E-state index contributed by atoms with van der Waals surface area (Å²) in [5.41, 5.74) is 4.73. The summed E-state index contributed by atoms with van der Waals surface area (Å²) in [5, 5.41) is 0. The number of hydrogen-bond acceptors (Lipinski definition) is 3. The van der Waals surface area contributed by atoms with Gasteiger partial charge in [-0.3, -0.25) is 9.79 Å². The predicted molar refractivity (Wildman–Crippen MR) is 54.9 cm³/mol. The average molecular weight is 215 g/mol. The smallest absolute Gasteiger partial charge is 0.231 e. The normalized spacial score (nSPS) is 21.3. The Morgan fingerprint density at radius 1 is 1.57 bits per heavy atom. The fraction of sp³-hybridized carbons (Fsp3) is 0.333. The zero-order chi connectivity index (χ0) is 9.31. The second-order valence-electron chi connectivity index (χ2n) is 3.18. The predicted octanol–water partition coefficient (Wildman–Crippen LogP) is 1.13. The van der Waals surface area contributed by atoms with Gasteiger partial charge in [0, 0.05) is 6.21 Å². The maximum atomic E-state index is 11.1. The summed E-state index contributed by atoms with van der Waals surface area (Å²) in [7, 11) is 0. The van der Waals surface area contributed by atoms with E-state index in [1.165, 1.54) is 12.5 Å². The van der Waals surface area contributed by atoms with Crippen molar-refractivity contribution < 1.29 is 9.53 Å². The zero-order valence-electron chi connectivity index (χ0n) is 7.47. The number of hydrogen-bond donors (Lipinski definition) is 1. The molecule has 1 saturated carbocycles. The summed E-state index contributed by atoms with van der Waals surface area (Å²) in [6.45, 7) is 0. The third-order valence-corrected chi connectivity index (χ3v) is 2.35. The summed E-state index contributed by atoms with van der Waals surface area (Å²) in [6.07, 6.45) is 7.82. The third-order valence-electron chi connectivity index (χ3n) is 2.35. The van der Waals surface area contributed by atoms with Crippen LogP contribution in [0.15, 0.2) is 29.3 Å². The Hall–Kier alpha value is -1.29. The van der Waals surface area contributed by atoms with E-state index in [1.807, 2.05) is 0 Å². The second kappa shape index (κ2) is 3.84. The highest BCUT2D eigenvalue weighted by Crippen LogP contribution is 2.52. The molecule has 4 nitrogen and oxygen atoms in total. The molecule has 0 saturated heterocycles. The van der Waals surface area contributed by atoms with E-state index in [2.05, 4.69) is 4.99 Å². The van der Waals surface area contributed by atoms with Gasteiger partial charge in [-0.25, -0.2) is 0 Å². The highest BCUT2D eigenvalue weighted by molar-refractivity contribution is 5.88. The van der Waals surface area contributed by atoms with E-state index in [-0.39, 0.29) is 18.3 Å². The topological polar surface area (TPSA) is 64.7 Å². The van der Waals surface area contributed by atoms with Gasteiger partial charge >= 0.3 is 0 Å². The molecule has 1 fully saturated rings. The quantitative estimate of drug-likeness (QED) is 0.749. The number of allylic oxidation sites excluding steroid dienone is 1. The molecule has 0 spiro atoms. The maximum absolute atomic E-state index is 11.1. The number of carbonyl (C=O) groups excluding carboxylic acids is 1. The van der Waals surface area contributed by atoms with Crippen LogP contribution in [0.2, 0.25) is 0 Å². The van der Waals surface area contributed by atoms with Crippen molar-refractivity contribution in [3.8, 4) is 0 Å². The van der Waals surface area contributed by atoms with E-state index in [1.54, 1.807) is 12.3 Å². The monoisotopic (exact) mass is 214 g/mol. The minimum absolute atomic E-state index is 0. The molecule has 0 radical (unpaired) electrons. The molecule has 2 rings (SSSR count). The molecular formula is C9H11ClN2O2. The van der Waals surface area contributed by atoms with Crippen molar-refractivity contribution in [3.63, 3.8) is 0 Å². The fourth-order valence-corrected chi connectivity index (χ4v) is 1.35. The Kier molecular flexibility index (Phi) is 2.96. The van der Waals surface area contributed by atoms with Crippen molar-refractivity contribution in [1.29, 1.82) is 0 Å². The fourth-order valence-electron chi connectivity index (χ4n) is 1.35. The van der Waals surface area contributed by atoms with E-state index in [4.69, 9.17) is 10.5 Å². The molecule has 1 aliphatic heterocycles. The minimum Gasteiger partial charge on any atom is -0.467 e. The number of rotatable bonds is 2. The van der Waals surface area contributed by atoms with Gasteiger partial charge in [-0.2, -0.15) is 0 Å². The van der Waals surface area contributed by atoms with Crippen molar-refractivity contribution in [3.05, 3.63) is 24.3 Å². The lowest BCUT2D eigenvalue weighted by Crippen LogP contribution is -2.27. The number of aliphatic imine (C=N–C) groups is 1. The van der Waals surface area contributed by atoms with Gasteiger partial charge in [-0.05, 0) is 18.9 Å². The molecule has 0 bridgehead atoms. The van der Waals surface area contributed by atoms with Crippen LogP contribution in [0.5, 0.6) is 0 Å². The van der Waals surface area contributed by atoms with Crippen molar-refractivity contribution in [2.75, 3.05) is 0 Å². The molecular weight excluding hydrogens is 204 g/mol. The van der Waals surface area contributed by atoms with Crippen molar-refractivity contribution >= 4 is 24.5 Å². The number of carbonyl (C=O) groups is 1. The number of halogens is 1. The standard InChI is InChI=1S/C9H10N2O2.ClH/c10-8(12)9(2-3-9)7-1-4-11-5-6-13-7;/h1,4-6H,2-3H2,(H2,10,12);1H. The molecule has 5 heteroatoms. The molecule has 1 amide bonds. The lowest BCUT2D eigenvalue weighted by Gasteiger charge is -2.12. The molecule has 1 aliphatic carbocycles. The van der Waals surface area contributed by atoms with Gasteiger partial charge in [0.25, 0.3) is 0 Å². The Labute approximate surface area is 87.9 Å². The minimum atomic E-state index is -0.555. The summed E-state index contributed by atoms with van der Waals surface area (Å²) in [5.74, 6) is 0.292. The number of nitrogens with zero attached hydrogens (tertiary/aromatic N) is 1. The van der Waals surface area contributed by atoms with Crippen LogP contribution >= 0.6 is 12.4 Å². The van der Waals surface area contributed by atoms with Crippen LogP contribution in [0.25, 0.3) is 0 Å². The molecule has 0 atom stereocenters. The molecule has 76 valence electrons. The van der Waals surface area contributed by atoms with Crippen molar-refractivity contribution in [2.45, 2.75) is 12.8 Å². The molecule has 0 aromatic rings. The van der Waals surface area contributed by atoms with E-state index in [0.717, 1.165) is 12.8 Å². The highest BCUT2D eigenvalue weighted by atomic mass is 35.5. The first-order chi connectivity index (χ1) is 6.26. The summed E-state index contributed by atoms with van der Waals surface area (Å²) >= 11 is 0. The van der Waals surface area contributed by atoms with E-state index in [0.29, 0.717) is 5.76 Å². The number of ether oxygens (including phenoxy) is 1. The van der Waals surface area contributed by atoms with Gasteiger partial charge in [0.2, 0.25) is 5.91 Å². The number of nitrogens with two attached hydrogens (primary N) is 1. The first-order valence-electron chi connectivity index (χ1n) is 4.11. The van der Waals surface area contributed by atoms with Crippen LogP contribution < -0.4 is 5.73 Å². The van der Waals surface area contributed by atoms with Gasteiger partial charge < -0.3 is 10.5 Å². The molecule has 2 N–H and O–H groups in total. The Morgan fingerprint density at radius 2 is 2.29 bits per heavy atom. The van der Waals surface area contributed by atoms with Gasteiger partial charge in [0.15, 0.2) is 0 Å². The third kappa shape index (κ3) is 1.65. The molecule has 0 unspecified atom stereocenters. The first kappa shape index (κ1) is 10.8. The lowest BCUT2D eigenvalue weighted by atomic mass is 10.0. The van der Waals surface area contributed by atoms with Crippen LogP contribution in [0.1, 0.15) is 12.8 Å². The lowest BCUT2D eigenvalue weighted by molar-refractivity contribution is -0.122. The highest BCUT2D eigenvalue weighted by Gasteiger charge is 2.53. The largest absolute Gasteiger partial charge is 0.467 e. The number of amides is 1. The van der Waals surface area contributed by atoms with Crippen LogP contribution in [0, 0.1) is 5.41 Å². The van der Waals surface area contributed by atoms with Crippen molar-refractivity contribution in [2.24, 2.45) is 16.1 Å². The van der Waals surface area contributed by atoms with Crippen LogP contribution in [-0.2, 0) is 9.53 Å².